The molecule has 0 bridgehead atoms. The van der Waals surface area contributed by atoms with Gasteiger partial charge in [0, 0.05) is 19.0 Å². The van der Waals surface area contributed by atoms with E-state index in [0.29, 0.717) is 30.3 Å². The van der Waals surface area contributed by atoms with Crippen molar-refractivity contribution in [3.05, 3.63) is 0 Å². The molecule has 98 valence electrons. The molecular formula is C13H24N2OS. The summed E-state index contributed by atoms with van der Waals surface area (Å²) in [6, 6.07) is 0.397. The summed E-state index contributed by atoms with van der Waals surface area (Å²) in [6.45, 7) is 3.76. The van der Waals surface area contributed by atoms with Crippen molar-refractivity contribution in [3.63, 3.8) is 0 Å². The van der Waals surface area contributed by atoms with E-state index in [4.69, 9.17) is 5.73 Å². The second-order valence-electron chi connectivity index (χ2n) is 5.49. The monoisotopic (exact) mass is 256 g/mol. The van der Waals surface area contributed by atoms with E-state index in [2.05, 4.69) is 11.8 Å². The maximum absolute atomic E-state index is 12.3. The first-order valence-electron chi connectivity index (χ1n) is 6.78. The molecule has 0 saturated carbocycles. The minimum atomic E-state index is 0.366. The lowest BCUT2D eigenvalue weighted by molar-refractivity contribution is -0.132. The van der Waals surface area contributed by atoms with Gasteiger partial charge >= 0.3 is 0 Å². The minimum absolute atomic E-state index is 0.366. The maximum atomic E-state index is 12.3. The first kappa shape index (κ1) is 13.2. The molecule has 2 fully saturated rings. The Morgan fingerprint density at radius 2 is 2.06 bits per heavy atom. The summed E-state index contributed by atoms with van der Waals surface area (Å²) in [6.07, 6.45) is 4.29. The van der Waals surface area contributed by atoms with Crippen LogP contribution >= 0.6 is 11.8 Å². The van der Waals surface area contributed by atoms with Gasteiger partial charge in [-0.2, -0.15) is 11.8 Å². The van der Waals surface area contributed by atoms with Gasteiger partial charge in [0.25, 0.3) is 0 Å². The Morgan fingerprint density at radius 1 is 1.35 bits per heavy atom. The Labute approximate surface area is 108 Å². The number of carbonyl (C=O) groups excluding carboxylic acids is 1. The highest BCUT2D eigenvalue weighted by molar-refractivity contribution is 7.99. The van der Waals surface area contributed by atoms with Gasteiger partial charge in [-0.25, -0.2) is 0 Å². The quantitative estimate of drug-likeness (QED) is 0.836. The molecule has 2 aliphatic rings. The van der Waals surface area contributed by atoms with E-state index >= 15 is 0 Å². The third-order valence-corrected chi connectivity index (χ3v) is 5.17. The molecule has 0 aromatic carbocycles. The van der Waals surface area contributed by atoms with Crippen molar-refractivity contribution in [3.8, 4) is 0 Å². The Balaban J connectivity index is 1.82. The second-order valence-corrected chi connectivity index (χ2v) is 6.72. The number of rotatable bonds is 3. The van der Waals surface area contributed by atoms with Gasteiger partial charge in [-0.1, -0.05) is 0 Å². The van der Waals surface area contributed by atoms with Gasteiger partial charge in [-0.05, 0) is 56.1 Å². The fourth-order valence-corrected chi connectivity index (χ4v) is 4.18. The molecule has 1 amide bonds. The fraction of sp³-hybridized carbons (Fsp3) is 0.923. The summed E-state index contributed by atoms with van der Waals surface area (Å²) < 4.78 is 0. The molecule has 0 aromatic rings. The number of carbonyl (C=O) groups is 1. The predicted molar refractivity (Wildman–Crippen MR) is 73.0 cm³/mol. The minimum Gasteiger partial charge on any atom is -0.340 e. The number of thioether (sulfide) groups is 1. The maximum Gasteiger partial charge on any atom is 0.223 e. The average Bonchev–Trinajstić information content (AvgIpc) is 2.72. The predicted octanol–water partition coefficient (Wildman–Crippen LogP) is 1.72. The van der Waals surface area contributed by atoms with E-state index in [0.717, 1.165) is 19.4 Å². The summed E-state index contributed by atoms with van der Waals surface area (Å²) >= 11 is 2.02. The summed E-state index contributed by atoms with van der Waals surface area (Å²) in [4.78, 5) is 14.3. The number of amides is 1. The van der Waals surface area contributed by atoms with Crippen molar-refractivity contribution >= 4 is 17.7 Å². The third kappa shape index (κ3) is 3.38. The highest BCUT2D eigenvalue weighted by Crippen LogP contribution is 2.28. The number of nitrogens with zero attached hydrogens (tertiary/aromatic N) is 1. The molecule has 17 heavy (non-hydrogen) atoms. The second kappa shape index (κ2) is 6.10. The van der Waals surface area contributed by atoms with E-state index in [1.54, 1.807) is 0 Å². The number of likely N-dealkylation sites (tertiary alicyclic amines) is 1. The van der Waals surface area contributed by atoms with Gasteiger partial charge in [0.2, 0.25) is 5.91 Å². The third-order valence-electron chi connectivity index (χ3n) is 4.12. The lowest BCUT2D eigenvalue weighted by Crippen LogP contribution is -2.36. The fourth-order valence-electron chi connectivity index (χ4n) is 2.98. The van der Waals surface area contributed by atoms with Crippen LogP contribution in [0.1, 0.15) is 32.6 Å². The molecule has 2 N–H and O–H groups in total. The van der Waals surface area contributed by atoms with E-state index in [1.807, 2.05) is 11.8 Å². The van der Waals surface area contributed by atoms with Gasteiger partial charge in [-0.3, -0.25) is 4.79 Å². The Morgan fingerprint density at radius 3 is 2.65 bits per heavy atom. The first-order valence-corrected chi connectivity index (χ1v) is 7.93. The molecule has 0 aliphatic carbocycles. The van der Waals surface area contributed by atoms with Gasteiger partial charge in [0.15, 0.2) is 0 Å². The van der Waals surface area contributed by atoms with Gasteiger partial charge in [0.1, 0.15) is 0 Å². The van der Waals surface area contributed by atoms with Crippen molar-refractivity contribution in [2.24, 2.45) is 17.6 Å². The van der Waals surface area contributed by atoms with Crippen LogP contribution in [-0.4, -0.2) is 41.4 Å². The highest BCUT2D eigenvalue weighted by Gasteiger charge is 2.32. The number of hydrogen-bond donors (Lipinski definition) is 1. The normalized spacial score (nSPS) is 30.8. The van der Waals surface area contributed by atoms with Crippen molar-refractivity contribution in [1.82, 2.24) is 4.90 Å². The van der Waals surface area contributed by atoms with Crippen LogP contribution in [0, 0.1) is 11.8 Å². The van der Waals surface area contributed by atoms with Crippen LogP contribution in [0.25, 0.3) is 0 Å². The molecule has 0 radical (unpaired) electrons. The van der Waals surface area contributed by atoms with Crippen molar-refractivity contribution < 1.29 is 4.79 Å². The Hall–Kier alpha value is -0.220. The molecule has 0 aromatic heterocycles. The molecule has 0 spiro atoms. The topological polar surface area (TPSA) is 46.3 Å². The van der Waals surface area contributed by atoms with E-state index < -0.39 is 0 Å². The molecule has 2 saturated heterocycles. The first-order chi connectivity index (χ1) is 8.20. The zero-order chi connectivity index (χ0) is 12.3. The van der Waals surface area contributed by atoms with E-state index in [1.165, 1.54) is 24.3 Å². The zero-order valence-electron chi connectivity index (χ0n) is 10.7. The van der Waals surface area contributed by atoms with Crippen LogP contribution < -0.4 is 5.73 Å². The lowest BCUT2D eigenvalue weighted by atomic mass is 9.98. The van der Waals surface area contributed by atoms with Crippen molar-refractivity contribution in [1.29, 1.82) is 0 Å². The summed E-state index contributed by atoms with van der Waals surface area (Å²) in [5.41, 5.74) is 5.70. The molecule has 2 atom stereocenters. The number of hydrogen-bond acceptors (Lipinski definition) is 3. The Bertz CT molecular complexity index is 266. The van der Waals surface area contributed by atoms with Crippen LogP contribution in [0.4, 0.5) is 0 Å². The van der Waals surface area contributed by atoms with Crippen LogP contribution in [0.15, 0.2) is 0 Å². The highest BCUT2D eigenvalue weighted by atomic mass is 32.2. The van der Waals surface area contributed by atoms with Crippen LogP contribution in [-0.2, 0) is 4.79 Å². The SMILES string of the molecule is CC1CC(CN)CN1C(=O)CC1CCSCC1. The largest absolute Gasteiger partial charge is 0.340 e. The molecule has 2 unspecified atom stereocenters. The van der Waals surface area contributed by atoms with Gasteiger partial charge < -0.3 is 10.6 Å². The molecule has 2 heterocycles. The molecule has 2 aliphatic heterocycles. The van der Waals surface area contributed by atoms with Gasteiger partial charge in [0.05, 0.1) is 0 Å². The summed E-state index contributed by atoms with van der Waals surface area (Å²) in [5, 5.41) is 0. The van der Waals surface area contributed by atoms with Crippen LogP contribution in [0.2, 0.25) is 0 Å². The average molecular weight is 256 g/mol. The van der Waals surface area contributed by atoms with E-state index in [9.17, 15) is 4.79 Å². The number of nitrogens with two attached hydrogens (primary N) is 1. The van der Waals surface area contributed by atoms with Gasteiger partial charge in [-0.15, -0.1) is 0 Å². The zero-order valence-corrected chi connectivity index (χ0v) is 11.5. The standard InChI is InChI=1S/C13H24N2OS/c1-10-6-12(8-14)9-15(10)13(16)7-11-2-4-17-5-3-11/h10-12H,2-9,14H2,1H3. The molecule has 2 rings (SSSR count). The van der Waals surface area contributed by atoms with E-state index in [-0.39, 0.29) is 0 Å². The molecular weight excluding hydrogens is 232 g/mol. The summed E-state index contributed by atoms with van der Waals surface area (Å²) in [5.74, 6) is 3.99. The van der Waals surface area contributed by atoms with Crippen molar-refractivity contribution in [2.45, 2.75) is 38.6 Å². The van der Waals surface area contributed by atoms with Crippen molar-refractivity contribution in [2.75, 3.05) is 24.6 Å². The smallest absolute Gasteiger partial charge is 0.223 e. The molecule has 3 nitrogen and oxygen atoms in total. The van der Waals surface area contributed by atoms with Crippen LogP contribution in [0.5, 0.6) is 0 Å². The Kier molecular flexibility index (Phi) is 4.74. The molecule has 4 heteroatoms. The lowest BCUT2D eigenvalue weighted by Gasteiger charge is -2.26. The summed E-state index contributed by atoms with van der Waals surface area (Å²) in [7, 11) is 0. The van der Waals surface area contributed by atoms with Crippen LogP contribution in [0.3, 0.4) is 0 Å².